The first-order valence-electron chi connectivity index (χ1n) is 13.6. The molecule has 0 atom stereocenters. The van der Waals surface area contributed by atoms with Gasteiger partial charge in [0.25, 0.3) is 0 Å². The van der Waals surface area contributed by atoms with Crippen LogP contribution in [0.25, 0.3) is 27.9 Å². The summed E-state index contributed by atoms with van der Waals surface area (Å²) in [5.74, 6) is 1.35. The number of carbonyl (C=O) groups is 1. The molecule has 1 amide bonds. The Bertz CT molecular complexity index is 1770. The normalized spacial score (nSPS) is 14.1. The van der Waals surface area contributed by atoms with Crippen molar-refractivity contribution in [2.75, 3.05) is 62.5 Å². The van der Waals surface area contributed by atoms with Gasteiger partial charge >= 0.3 is 6.55 Å². The zero-order chi connectivity index (χ0) is 29.9. The molecule has 14 nitrogen and oxygen atoms in total. The Kier molecular flexibility index (Phi) is 7.93. The molecule has 1 saturated heterocycles. The molecule has 16 heteroatoms. The highest BCUT2D eigenvalue weighted by Gasteiger charge is 2.21. The largest absolute Gasteiger partial charge is 0.378 e. The van der Waals surface area contributed by atoms with E-state index in [2.05, 4.69) is 30.7 Å². The fourth-order valence-electron chi connectivity index (χ4n) is 4.61. The van der Waals surface area contributed by atoms with Gasteiger partial charge in [0.2, 0.25) is 11.9 Å². The zero-order valence-electron chi connectivity index (χ0n) is 23.5. The third-order valence-electron chi connectivity index (χ3n) is 6.71. The number of amides is 1. The number of alkyl halides is 2. The summed E-state index contributed by atoms with van der Waals surface area (Å²) in [6.07, 6.45) is 7.37. The molecular weight excluding hydrogens is 562 g/mol. The summed E-state index contributed by atoms with van der Waals surface area (Å²) in [5.41, 5.74) is 3.43. The highest BCUT2D eigenvalue weighted by atomic mass is 19.3. The number of fused-ring (bicyclic) bond motifs is 2. The predicted octanol–water partition coefficient (Wildman–Crippen LogP) is 2.79. The van der Waals surface area contributed by atoms with Crippen LogP contribution < -0.4 is 15.5 Å². The van der Waals surface area contributed by atoms with Gasteiger partial charge in [-0.05, 0) is 32.3 Å². The Balaban J connectivity index is 1.25. The highest BCUT2D eigenvalue weighted by Crippen LogP contribution is 2.26. The minimum absolute atomic E-state index is 0.219. The quantitative estimate of drug-likeness (QED) is 0.207. The van der Waals surface area contributed by atoms with Crippen molar-refractivity contribution in [3.8, 4) is 5.69 Å². The number of hydrogen-bond acceptors (Lipinski definition) is 10. The summed E-state index contributed by atoms with van der Waals surface area (Å²) >= 11 is 0. The van der Waals surface area contributed by atoms with Gasteiger partial charge in [0.1, 0.15) is 12.2 Å². The Labute approximate surface area is 244 Å². The lowest BCUT2D eigenvalue weighted by atomic mass is 10.2. The maximum atomic E-state index is 13.2. The molecule has 3 N–H and O–H groups in total. The lowest BCUT2D eigenvalue weighted by Gasteiger charge is -2.27. The van der Waals surface area contributed by atoms with Gasteiger partial charge in [-0.25, -0.2) is 14.6 Å². The van der Waals surface area contributed by atoms with Gasteiger partial charge < -0.3 is 30.2 Å². The standard InChI is InChI=1S/C27H30F2N12O2/c1-38(2)7-3-4-22(42)33-17-5-6-19-20(12-17)35-21(34-19)14-30-24-23-25(37-27(36-24)39-8-10-43-11-9-39)40(16-31-23)18-13-32-41(15-18)26(28)29/h3-6,12-13,15-16,26H,7-11,14H2,1-2H3,(H,33,42)(H,34,35)(H,30,36,37)/b4-3+. The number of morpholine rings is 1. The first kappa shape index (κ1) is 28.2. The number of H-pyrrole nitrogens is 1. The number of anilines is 3. The van der Waals surface area contributed by atoms with Gasteiger partial charge in [-0.3, -0.25) is 9.36 Å². The summed E-state index contributed by atoms with van der Waals surface area (Å²) < 4.78 is 34.0. The molecule has 43 heavy (non-hydrogen) atoms. The first-order valence-corrected chi connectivity index (χ1v) is 13.6. The molecule has 5 heterocycles. The van der Waals surface area contributed by atoms with Gasteiger partial charge in [0.05, 0.1) is 48.9 Å². The van der Waals surface area contributed by atoms with Crippen molar-refractivity contribution in [2.45, 2.75) is 13.1 Å². The van der Waals surface area contributed by atoms with Crippen molar-refractivity contribution >= 4 is 45.6 Å². The lowest BCUT2D eigenvalue weighted by Crippen LogP contribution is -2.37. The molecule has 0 radical (unpaired) electrons. The molecule has 1 aliphatic rings. The fourth-order valence-corrected chi connectivity index (χ4v) is 4.61. The molecule has 1 fully saturated rings. The number of nitrogens with one attached hydrogen (secondary N) is 3. The van der Waals surface area contributed by atoms with Crippen LogP contribution in [0.3, 0.4) is 0 Å². The Morgan fingerprint density at radius 2 is 2.05 bits per heavy atom. The minimum atomic E-state index is -2.76. The SMILES string of the molecule is CN(C)C/C=C/C(=O)Nc1ccc2[nH]c(CNc3nc(N4CCOCC4)nc4c3ncn4-c3cnn(C(F)F)c3)nc2c1. The number of hydrogen-bond donors (Lipinski definition) is 3. The number of likely N-dealkylation sites (N-methyl/N-ethyl adjacent to an activating group) is 1. The fraction of sp³-hybridized carbons (Fsp3) is 0.333. The Morgan fingerprint density at radius 3 is 2.81 bits per heavy atom. The van der Waals surface area contributed by atoms with Crippen molar-refractivity contribution in [2.24, 2.45) is 0 Å². The monoisotopic (exact) mass is 592 g/mol. The third kappa shape index (κ3) is 6.29. The number of halogens is 2. The summed E-state index contributed by atoms with van der Waals surface area (Å²) in [4.78, 5) is 38.1. The summed E-state index contributed by atoms with van der Waals surface area (Å²) in [7, 11) is 3.86. The van der Waals surface area contributed by atoms with Crippen molar-refractivity contribution in [3.05, 3.63) is 54.9 Å². The molecule has 5 aromatic rings. The number of benzene rings is 1. The van der Waals surface area contributed by atoms with Crippen LogP contribution in [0.5, 0.6) is 0 Å². The van der Waals surface area contributed by atoms with E-state index in [0.717, 1.165) is 5.52 Å². The lowest BCUT2D eigenvalue weighted by molar-refractivity contribution is -0.111. The second kappa shape index (κ2) is 12.1. The summed E-state index contributed by atoms with van der Waals surface area (Å²) in [5, 5.41) is 9.91. The first-order chi connectivity index (χ1) is 20.8. The summed E-state index contributed by atoms with van der Waals surface area (Å²) in [6, 6.07) is 5.46. The molecule has 224 valence electrons. The van der Waals surface area contributed by atoms with E-state index in [1.807, 2.05) is 30.0 Å². The van der Waals surface area contributed by atoms with Crippen LogP contribution in [0, 0.1) is 0 Å². The van der Waals surface area contributed by atoms with Crippen molar-refractivity contribution < 1.29 is 18.3 Å². The number of rotatable bonds is 10. The van der Waals surface area contributed by atoms with Crippen LogP contribution in [0.4, 0.5) is 26.2 Å². The van der Waals surface area contributed by atoms with Gasteiger partial charge in [-0.1, -0.05) is 6.08 Å². The molecule has 0 unspecified atom stereocenters. The van der Waals surface area contributed by atoms with Crippen LogP contribution in [0.1, 0.15) is 12.4 Å². The van der Waals surface area contributed by atoms with E-state index in [1.165, 1.54) is 24.8 Å². The number of aromatic amines is 1. The average molecular weight is 593 g/mol. The number of carbonyl (C=O) groups excluding carboxylic acids is 1. The van der Waals surface area contributed by atoms with Crippen LogP contribution in [0.15, 0.2) is 49.1 Å². The predicted molar refractivity (Wildman–Crippen MR) is 156 cm³/mol. The Morgan fingerprint density at radius 1 is 1.21 bits per heavy atom. The topological polar surface area (TPSA) is 147 Å². The molecule has 0 bridgehead atoms. The van der Waals surface area contributed by atoms with Crippen molar-refractivity contribution in [1.82, 2.24) is 44.2 Å². The van der Waals surface area contributed by atoms with Gasteiger partial charge in [-0.2, -0.15) is 23.8 Å². The Hall–Kier alpha value is -4.96. The van der Waals surface area contributed by atoms with Crippen LogP contribution >= 0.6 is 0 Å². The summed E-state index contributed by atoms with van der Waals surface area (Å²) in [6.45, 7) is 0.483. The highest BCUT2D eigenvalue weighted by molar-refractivity contribution is 6.00. The number of imidazole rings is 2. The van der Waals surface area contributed by atoms with E-state index in [-0.39, 0.29) is 12.5 Å². The third-order valence-corrected chi connectivity index (χ3v) is 6.71. The van der Waals surface area contributed by atoms with Gasteiger partial charge in [-0.15, -0.1) is 0 Å². The van der Waals surface area contributed by atoms with E-state index in [0.29, 0.717) is 83.2 Å². The van der Waals surface area contributed by atoms with Crippen molar-refractivity contribution in [3.63, 3.8) is 0 Å². The number of aromatic nitrogens is 8. The molecule has 6 rings (SSSR count). The molecular formula is C27H30F2N12O2. The zero-order valence-corrected chi connectivity index (χ0v) is 23.5. The van der Waals surface area contributed by atoms with Gasteiger partial charge in [0, 0.05) is 31.4 Å². The maximum absolute atomic E-state index is 13.2. The molecule has 0 saturated carbocycles. The molecule has 4 aromatic heterocycles. The van der Waals surface area contributed by atoms with E-state index in [9.17, 15) is 13.6 Å². The number of nitrogens with zero attached hydrogens (tertiary/aromatic N) is 9. The van der Waals surface area contributed by atoms with E-state index >= 15 is 0 Å². The molecule has 1 aliphatic heterocycles. The number of ether oxygens (including phenoxy) is 1. The van der Waals surface area contributed by atoms with Crippen LogP contribution in [-0.4, -0.2) is 97.0 Å². The smallest absolute Gasteiger partial charge is 0.333 e. The molecule has 1 aromatic carbocycles. The van der Waals surface area contributed by atoms with Crippen molar-refractivity contribution in [1.29, 1.82) is 0 Å². The van der Waals surface area contributed by atoms with Gasteiger partial charge in [0.15, 0.2) is 17.0 Å². The van der Waals surface area contributed by atoms with Crippen LogP contribution in [0.2, 0.25) is 0 Å². The second-order valence-corrected chi connectivity index (χ2v) is 10.1. The minimum Gasteiger partial charge on any atom is -0.378 e. The molecule has 0 aliphatic carbocycles. The molecule has 0 spiro atoms. The average Bonchev–Trinajstić information content (AvgIpc) is 3.74. The van der Waals surface area contributed by atoms with Crippen LogP contribution in [-0.2, 0) is 16.1 Å². The van der Waals surface area contributed by atoms with E-state index < -0.39 is 6.55 Å². The maximum Gasteiger partial charge on any atom is 0.333 e. The second-order valence-electron chi connectivity index (χ2n) is 10.1. The van der Waals surface area contributed by atoms with E-state index in [1.54, 1.807) is 22.8 Å². The van der Waals surface area contributed by atoms with E-state index in [4.69, 9.17) is 14.7 Å².